The highest BCUT2D eigenvalue weighted by molar-refractivity contribution is 14.1. The van der Waals surface area contributed by atoms with Crippen LogP contribution in [0.4, 0.5) is 0 Å². The molecule has 92 valence electrons. The van der Waals surface area contributed by atoms with E-state index in [1.54, 1.807) is 6.07 Å². The van der Waals surface area contributed by atoms with Crippen molar-refractivity contribution in [3.63, 3.8) is 0 Å². The van der Waals surface area contributed by atoms with Crippen molar-refractivity contribution in [3.8, 4) is 11.1 Å². The SMILES string of the molecule is O=C(O)C(O)c1ccc(-c2ccccc2)cc1I. The Labute approximate surface area is 118 Å². The summed E-state index contributed by atoms with van der Waals surface area (Å²) in [5.74, 6) is -1.24. The van der Waals surface area contributed by atoms with Crippen LogP contribution in [0.15, 0.2) is 48.5 Å². The van der Waals surface area contributed by atoms with Crippen LogP contribution in [-0.4, -0.2) is 16.2 Å². The van der Waals surface area contributed by atoms with Crippen molar-refractivity contribution in [2.24, 2.45) is 0 Å². The molecule has 4 heteroatoms. The Hall–Kier alpha value is -1.40. The van der Waals surface area contributed by atoms with Gasteiger partial charge in [0.05, 0.1) is 0 Å². The topological polar surface area (TPSA) is 57.5 Å². The number of hydrogen-bond donors (Lipinski definition) is 2. The normalized spacial score (nSPS) is 12.1. The molecule has 0 saturated heterocycles. The van der Waals surface area contributed by atoms with Gasteiger partial charge >= 0.3 is 5.97 Å². The summed E-state index contributed by atoms with van der Waals surface area (Å²) in [6.07, 6.45) is -1.47. The highest BCUT2D eigenvalue weighted by Gasteiger charge is 2.18. The van der Waals surface area contributed by atoms with Crippen molar-refractivity contribution >= 4 is 28.6 Å². The van der Waals surface area contributed by atoms with Crippen LogP contribution in [0.2, 0.25) is 0 Å². The molecule has 0 spiro atoms. The largest absolute Gasteiger partial charge is 0.479 e. The first-order chi connectivity index (χ1) is 8.59. The van der Waals surface area contributed by atoms with Gasteiger partial charge in [-0.2, -0.15) is 0 Å². The number of carbonyl (C=O) groups is 1. The fraction of sp³-hybridized carbons (Fsp3) is 0.0714. The highest BCUT2D eigenvalue weighted by atomic mass is 127. The lowest BCUT2D eigenvalue weighted by molar-refractivity contribution is -0.147. The summed E-state index contributed by atoms with van der Waals surface area (Å²) in [6, 6.07) is 15.2. The maximum atomic E-state index is 10.8. The Morgan fingerprint density at radius 2 is 1.72 bits per heavy atom. The lowest BCUT2D eigenvalue weighted by atomic mass is 10.0. The number of benzene rings is 2. The van der Waals surface area contributed by atoms with Crippen molar-refractivity contribution in [3.05, 3.63) is 57.7 Å². The molecule has 2 rings (SSSR count). The molecule has 0 heterocycles. The number of hydrogen-bond acceptors (Lipinski definition) is 2. The van der Waals surface area contributed by atoms with Gasteiger partial charge in [-0.25, -0.2) is 4.79 Å². The van der Waals surface area contributed by atoms with E-state index in [-0.39, 0.29) is 0 Å². The average Bonchev–Trinajstić information content (AvgIpc) is 2.38. The molecule has 3 nitrogen and oxygen atoms in total. The number of rotatable bonds is 3. The fourth-order valence-corrected chi connectivity index (χ4v) is 2.50. The first kappa shape index (κ1) is 13.0. The minimum absolute atomic E-state index is 0.419. The van der Waals surface area contributed by atoms with Crippen molar-refractivity contribution in [1.82, 2.24) is 0 Å². The quantitative estimate of drug-likeness (QED) is 0.833. The van der Waals surface area contributed by atoms with E-state index in [4.69, 9.17) is 5.11 Å². The Balaban J connectivity index is 2.40. The van der Waals surface area contributed by atoms with Crippen LogP contribution in [-0.2, 0) is 4.79 Å². The van der Waals surface area contributed by atoms with Gasteiger partial charge in [0.2, 0.25) is 0 Å². The zero-order valence-electron chi connectivity index (χ0n) is 9.38. The van der Waals surface area contributed by atoms with Crippen LogP contribution >= 0.6 is 22.6 Å². The molecular formula is C14H11IO3. The standard InChI is InChI=1S/C14H11IO3/c15-12-8-10(9-4-2-1-3-5-9)6-7-11(12)13(16)14(17)18/h1-8,13,16H,(H,17,18). The van der Waals surface area contributed by atoms with Crippen LogP contribution in [0.3, 0.4) is 0 Å². The molecule has 0 aliphatic heterocycles. The number of aliphatic hydroxyl groups excluding tert-OH is 1. The Morgan fingerprint density at radius 3 is 2.28 bits per heavy atom. The average molecular weight is 354 g/mol. The molecule has 0 aromatic heterocycles. The molecule has 0 radical (unpaired) electrons. The second kappa shape index (κ2) is 5.49. The monoisotopic (exact) mass is 354 g/mol. The summed E-state index contributed by atoms with van der Waals surface area (Å²) >= 11 is 2.04. The van der Waals surface area contributed by atoms with Gasteiger partial charge < -0.3 is 10.2 Å². The van der Waals surface area contributed by atoms with E-state index in [2.05, 4.69) is 0 Å². The van der Waals surface area contributed by atoms with Gasteiger partial charge in [-0.05, 0) is 39.8 Å². The van der Waals surface area contributed by atoms with Gasteiger partial charge in [-0.1, -0.05) is 42.5 Å². The lowest BCUT2D eigenvalue weighted by Gasteiger charge is -2.10. The van der Waals surface area contributed by atoms with Crippen LogP contribution in [0.5, 0.6) is 0 Å². The maximum Gasteiger partial charge on any atom is 0.337 e. The van der Waals surface area contributed by atoms with Crippen LogP contribution in [0, 0.1) is 3.57 Å². The summed E-state index contributed by atoms with van der Waals surface area (Å²) in [5, 5.41) is 18.3. The first-order valence-electron chi connectivity index (χ1n) is 5.35. The van der Waals surface area contributed by atoms with Gasteiger partial charge in [0, 0.05) is 9.13 Å². The van der Waals surface area contributed by atoms with Crippen molar-refractivity contribution in [2.45, 2.75) is 6.10 Å². The third-order valence-corrected chi connectivity index (χ3v) is 3.57. The highest BCUT2D eigenvalue weighted by Crippen LogP contribution is 2.26. The molecule has 2 aromatic carbocycles. The molecule has 1 unspecified atom stereocenters. The zero-order chi connectivity index (χ0) is 13.1. The van der Waals surface area contributed by atoms with Gasteiger partial charge in [-0.3, -0.25) is 0 Å². The summed E-state index contributed by atoms with van der Waals surface area (Å²) in [4.78, 5) is 10.8. The fourth-order valence-electron chi connectivity index (χ4n) is 1.69. The molecule has 2 aromatic rings. The molecule has 0 amide bonds. The predicted molar refractivity (Wildman–Crippen MR) is 77.2 cm³/mol. The van der Waals surface area contributed by atoms with Gasteiger partial charge in [0.25, 0.3) is 0 Å². The van der Waals surface area contributed by atoms with Crippen molar-refractivity contribution < 1.29 is 15.0 Å². The van der Waals surface area contributed by atoms with Gasteiger partial charge in [0.15, 0.2) is 6.10 Å². The second-order valence-corrected chi connectivity index (χ2v) is 5.01. The Kier molecular flexibility index (Phi) is 3.98. The second-order valence-electron chi connectivity index (χ2n) is 3.84. The number of halogens is 1. The number of carboxylic acid groups (broad SMARTS) is 1. The van der Waals surface area contributed by atoms with Crippen LogP contribution in [0.1, 0.15) is 11.7 Å². The third kappa shape index (κ3) is 2.70. The predicted octanol–water partition coefficient (Wildman–Crippen LogP) is 3.08. The Bertz CT molecular complexity index is 567. The molecule has 0 fully saturated rings. The van der Waals surface area contributed by atoms with E-state index in [9.17, 15) is 9.90 Å². The molecule has 0 aliphatic rings. The van der Waals surface area contributed by atoms with E-state index >= 15 is 0 Å². The number of aliphatic hydroxyl groups is 1. The van der Waals surface area contributed by atoms with E-state index < -0.39 is 12.1 Å². The summed E-state index contributed by atoms with van der Waals surface area (Å²) < 4.78 is 0.740. The summed E-state index contributed by atoms with van der Waals surface area (Å²) in [7, 11) is 0. The van der Waals surface area contributed by atoms with Gasteiger partial charge in [0.1, 0.15) is 0 Å². The van der Waals surface area contributed by atoms with E-state index in [1.165, 1.54) is 0 Å². The summed E-state index contributed by atoms with van der Waals surface area (Å²) in [5.41, 5.74) is 2.48. The van der Waals surface area contributed by atoms with Crippen molar-refractivity contribution in [2.75, 3.05) is 0 Å². The molecule has 1 atom stereocenters. The molecule has 0 saturated carbocycles. The van der Waals surface area contributed by atoms with Gasteiger partial charge in [-0.15, -0.1) is 0 Å². The van der Waals surface area contributed by atoms with Crippen LogP contribution < -0.4 is 0 Å². The van der Waals surface area contributed by atoms with Crippen molar-refractivity contribution in [1.29, 1.82) is 0 Å². The molecule has 0 aliphatic carbocycles. The molecular weight excluding hydrogens is 343 g/mol. The maximum absolute atomic E-state index is 10.8. The molecule has 18 heavy (non-hydrogen) atoms. The first-order valence-corrected chi connectivity index (χ1v) is 6.43. The minimum atomic E-state index is -1.47. The van der Waals surface area contributed by atoms with Crippen LogP contribution in [0.25, 0.3) is 11.1 Å². The number of aliphatic carboxylic acids is 1. The number of carboxylic acids is 1. The smallest absolute Gasteiger partial charge is 0.337 e. The zero-order valence-corrected chi connectivity index (χ0v) is 11.5. The molecule has 0 bridgehead atoms. The Morgan fingerprint density at radius 1 is 1.06 bits per heavy atom. The minimum Gasteiger partial charge on any atom is -0.479 e. The van der Waals surface area contributed by atoms with E-state index in [0.29, 0.717) is 5.56 Å². The third-order valence-electron chi connectivity index (χ3n) is 2.64. The molecule has 2 N–H and O–H groups in total. The lowest BCUT2D eigenvalue weighted by Crippen LogP contribution is -2.11. The summed E-state index contributed by atoms with van der Waals surface area (Å²) in [6.45, 7) is 0. The van der Waals surface area contributed by atoms with E-state index in [1.807, 2.05) is 65.1 Å². The van der Waals surface area contributed by atoms with E-state index in [0.717, 1.165) is 14.7 Å².